The van der Waals surface area contributed by atoms with Gasteiger partial charge in [-0.25, -0.2) is 0 Å². The second-order valence-electron chi connectivity index (χ2n) is 6.72. The molecule has 4 rings (SSSR count). The van der Waals surface area contributed by atoms with Gasteiger partial charge in [0.1, 0.15) is 6.04 Å². The lowest BCUT2D eigenvalue weighted by molar-refractivity contribution is -0.136. The average molecular weight is 410 g/mol. The maximum atomic E-state index is 12.8. The molecule has 0 aliphatic carbocycles. The van der Waals surface area contributed by atoms with E-state index in [1.807, 2.05) is 6.07 Å². The number of amides is 4. The van der Waals surface area contributed by atoms with Crippen molar-refractivity contribution in [2.75, 3.05) is 13.1 Å². The summed E-state index contributed by atoms with van der Waals surface area (Å²) in [6, 6.07) is 4.38. The molecule has 9 heteroatoms. The Hall–Kier alpha value is -1.90. The van der Waals surface area contributed by atoms with Gasteiger partial charge in [-0.3, -0.25) is 29.4 Å². The van der Waals surface area contributed by atoms with Crippen LogP contribution in [0, 0.1) is 0 Å². The SMILES string of the molecule is Cl.O=C1CCC(N2C(=O)c3ccc(SC4CCNCC4)cc3C2=O)C(=O)N1. The maximum Gasteiger partial charge on any atom is 0.262 e. The summed E-state index contributed by atoms with van der Waals surface area (Å²) in [7, 11) is 0. The van der Waals surface area contributed by atoms with Crippen molar-refractivity contribution in [1.29, 1.82) is 0 Å². The fourth-order valence-corrected chi connectivity index (χ4v) is 4.82. The van der Waals surface area contributed by atoms with Crippen molar-refractivity contribution < 1.29 is 19.2 Å². The van der Waals surface area contributed by atoms with E-state index in [1.165, 1.54) is 0 Å². The van der Waals surface area contributed by atoms with E-state index < -0.39 is 23.8 Å². The van der Waals surface area contributed by atoms with E-state index in [0.29, 0.717) is 16.4 Å². The van der Waals surface area contributed by atoms with Gasteiger partial charge in [0.15, 0.2) is 0 Å². The largest absolute Gasteiger partial charge is 0.317 e. The molecular formula is C18H20ClN3O4S. The number of benzene rings is 1. The quantitative estimate of drug-likeness (QED) is 0.732. The molecule has 144 valence electrons. The minimum atomic E-state index is -0.916. The number of hydrogen-bond donors (Lipinski definition) is 2. The highest BCUT2D eigenvalue weighted by Crippen LogP contribution is 2.34. The van der Waals surface area contributed by atoms with Gasteiger partial charge in [0.05, 0.1) is 11.1 Å². The van der Waals surface area contributed by atoms with Crippen LogP contribution >= 0.6 is 24.2 Å². The highest BCUT2D eigenvalue weighted by molar-refractivity contribution is 8.00. The summed E-state index contributed by atoms with van der Waals surface area (Å²) >= 11 is 1.73. The summed E-state index contributed by atoms with van der Waals surface area (Å²) in [6.45, 7) is 1.98. The zero-order chi connectivity index (χ0) is 18.3. The molecular weight excluding hydrogens is 390 g/mol. The van der Waals surface area contributed by atoms with Gasteiger partial charge in [0.25, 0.3) is 11.8 Å². The van der Waals surface area contributed by atoms with E-state index in [4.69, 9.17) is 0 Å². The Morgan fingerprint density at radius 2 is 1.67 bits per heavy atom. The van der Waals surface area contributed by atoms with E-state index >= 15 is 0 Å². The second kappa shape index (κ2) is 8.00. The zero-order valence-corrected chi connectivity index (χ0v) is 16.2. The number of nitrogens with one attached hydrogen (secondary N) is 2. The topological polar surface area (TPSA) is 95.6 Å². The molecule has 4 amide bonds. The van der Waals surface area contributed by atoms with Crippen LogP contribution in [-0.4, -0.2) is 52.9 Å². The van der Waals surface area contributed by atoms with Crippen molar-refractivity contribution in [2.45, 2.75) is 41.9 Å². The Bertz CT molecular complexity index is 810. The van der Waals surface area contributed by atoms with E-state index in [2.05, 4.69) is 10.6 Å². The first-order valence-corrected chi connectivity index (χ1v) is 9.65. The summed E-state index contributed by atoms with van der Waals surface area (Å²) in [5.74, 6) is -1.87. The van der Waals surface area contributed by atoms with E-state index in [-0.39, 0.29) is 31.2 Å². The van der Waals surface area contributed by atoms with Crippen LogP contribution in [0.5, 0.6) is 0 Å². The Labute approximate surface area is 167 Å². The lowest BCUT2D eigenvalue weighted by Crippen LogP contribution is -2.54. The zero-order valence-electron chi connectivity index (χ0n) is 14.5. The predicted molar refractivity (Wildman–Crippen MR) is 102 cm³/mol. The molecule has 3 heterocycles. The van der Waals surface area contributed by atoms with Crippen molar-refractivity contribution in [3.63, 3.8) is 0 Å². The lowest BCUT2D eigenvalue weighted by Gasteiger charge is -2.27. The molecule has 1 unspecified atom stereocenters. The molecule has 0 saturated carbocycles. The molecule has 7 nitrogen and oxygen atoms in total. The minimum absolute atomic E-state index is 0. The molecule has 2 saturated heterocycles. The van der Waals surface area contributed by atoms with Gasteiger partial charge in [0, 0.05) is 16.6 Å². The molecule has 2 N–H and O–H groups in total. The highest BCUT2D eigenvalue weighted by atomic mass is 35.5. The number of fused-ring (bicyclic) bond motifs is 1. The van der Waals surface area contributed by atoms with Crippen LogP contribution in [0.2, 0.25) is 0 Å². The van der Waals surface area contributed by atoms with Crippen molar-refractivity contribution in [2.24, 2.45) is 0 Å². The van der Waals surface area contributed by atoms with Gasteiger partial charge in [-0.15, -0.1) is 24.2 Å². The number of piperidine rings is 2. The van der Waals surface area contributed by atoms with Crippen LogP contribution in [0.1, 0.15) is 46.4 Å². The molecule has 27 heavy (non-hydrogen) atoms. The Balaban J connectivity index is 0.00000210. The summed E-state index contributed by atoms with van der Waals surface area (Å²) in [6.07, 6.45) is 2.43. The molecule has 0 bridgehead atoms. The van der Waals surface area contributed by atoms with Gasteiger partial charge in [-0.05, 0) is 50.6 Å². The summed E-state index contributed by atoms with van der Waals surface area (Å²) in [4.78, 5) is 50.8. The summed E-state index contributed by atoms with van der Waals surface area (Å²) < 4.78 is 0. The Morgan fingerprint density at radius 1 is 0.963 bits per heavy atom. The van der Waals surface area contributed by atoms with Crippen LogP contribution in [0.3, 0.4) is 0 Å². The number of rotatable bonds is 3. The number of carbonyl (C=O) groups is 4. The van der Waals surface area contributed by atoms with Crippen LogP contribution in [-0.2, 0) is 9.59 Å². The molecule has 0 radical (unpaired) electrons. The third kappa shape index (κ3) is 3.74. The van der Waals surface area contributed by atoms with Gasteiger partial charge < -0.3 is 5.32 Å². The lowest BCUT2D eigenvalue weighted by atomic mass is 10.0. The smallest absolute Gasteiger partial charge is 0.262 e. The number of carbonyl (C=O) groups excluding carboxylic acids is 4. The van der Waals surface area contributed by atoms with Gasteiger partial charge in [0.2, 0.25) is 11.8 Å². The molecule has 2 fully saturated rings. The number of hydrogen-bond acceptors (Lipinski definition) is 6. The molecule has 0 aromatic heterocycles. The van der Waals surface area contributed by atoms with E-state index in [1.54, 1.807) is 23.9 Å². The Morgan fingerprint density at radius 3 is 2.37 bits per heavy atom. The van der Waals surface area contributed by atoms with Crippen LogP contribution in [0.25, 0.3) is 0 Å². The first kappa shape index (κ1) is 19.9. The number of nitrogens with zero attached hydrogens (tertiary/aromatic N) is 1. The summed E-state index contributed by atoms with van der Waals surface area (Å²) in [5, 5.41) is 6.02. The Kier molecular flexibility index (Phi) is 5.88. The fraction of sp³-hybridized carbons (Fsp3) is 0.444. The van der Waals surface area contributed by atoms with E-state index in [9.17, 15) is 19.2 Å². The molecule has 0 spiro atoms. The van der Waals surface area contributed by atoms with Crippen molar-refractivity contribution >= 4 is 47.8 Å². The maximum absolute atomic E-state index is 12.8. The highest BCUT2D eigenvalue weighted by Gasteiger charge is 2.44. The number of halogens is 1. The molecule has 1 atom stereocenters. The minimum Gasteiger partial charge on any atom is -0.317 e. The predicted octanol–water partition coefficient (Wildman–Crippen LogP) is 1.35. The van der Waals surface area contributed by atoms with E-state index in [0.717, 1.165) is 35.7 Å². The number of thioether (sulfide) groups is 1. The molecule has 1 aromatic rings. The molecule has 1 aromatic carbocycles. The van der Waals surface area contributed by atoms with Crippen LogP contribution in [0.15, 0.2) is 23.1 Å². The molecule has 3 aliphatic heterocycles. The normalized spacial score (nSPS) is 23.1. The third-order valence-electron chi connectivity index (χ3n) is 5.00. The van der Waals surface area contributed by atoms with Crippen LogP contribution < -0.4 is 10.6 Å². The van der Waals surface area contributed by atoms with Crippen LogP contribution in [0.4, 0.5) is 0 Å². The summed E-state index contributed by atoms with van der Waals surface area (Å²) in [5.41, 5.74) is 0.674. The second-order valence-corrected chi connectivity index (χ2v) is 8.10. The first-order chi connectivity index (χ1) is 12.5. The van der Waals surface area contributed by atoms with Gasteiger partial charge in [-0.2, -0.15) is 0 Å². The van der Waals surface area contributed by atoms with Crippen molar-refractivity contribution in [3.05, 3.63) is 29.3 Å². The van der Waals surface area contributed by atoms with Gasteiger partial charge >= 0.3 is 0 Å². The fourth-order valence-electron chi connectivity index (χ4n) is 3.63. The first-order valence-electron chi connectivity index (χ1n) is 8.77. The number of imide groups is 2. The monoisotopic (exact) mass is 409 g/mol. The van der Waals surface area contributed by atoms with Crippen molar-refractivity contribution in [1.82, 2.24) is 15.5 Å². The third-order valence-corrected chi connectivity index (χ3v) is 6.33. The van der Waals surface area contributed by atoms with Crippen molar-refractivity contribution in [3.8, 4) is 0 Å². The van der Waals surface area contributed by atoms with Gasteiger partial charge in [-0.1, -0.05) is 0 Å². The average Bonchev–Trinajstić information content (AvgIpc) is 2.87. The standard InChI is InChI=1S/C18H19N3O4S.ClH/c22-15-4-3-14(16(23)20-15)21-17(24)12-2-1-11(9-13(12)18(21)25)26-10-5-7-19-8-6-10;/h1-2,9-10,14,19H,3-8H2,(H,20,22,23);1H. The molecule has 3 aliphatic rings.